The van der Waals surface area contributed by atoms with Crippen LogP contribution in [0.5, 0.6) is 0 Å². The Hall–Kier alpha value is -3.76. The van der Waals surface area contributed by atoms with E-state index < -0.39 is 17.2 Å². The van der Waals surface area contributed by atoms with E-state index in [1.807, 2.05) is 13.8 Å². The van der Waals surface area contributed by atoms with Crippen molar-refractivity contribution in [2.24, 2.45) is 0 Å². The zero-order chi connectivity index (χ0) is 22.4. The largest absolute Gasteiger partial charge is 0.383 e. The molecule has 0 spiro atoms. The molecule has 3 N–H and O–H groups in total. The quantitative estimate of drug-likeness (QED) is 0.525. The van der Waals surface area contributed by atoms with Crippen molar-refractivity contribution in [3.05, 3.63) is 57.0 Å². The van der Waals surface area contributed by atoms with Crippen LogP contribution in [0.4, 0.5) is 11.5 Å². The van der Waals surface area contributed by atoms with E-state index in [1.54, 1.807) is 24.3 Å². The molecule has 1 aromatic carbocycles. The lowest BCUT2D eigenvalue weighted by molar-refractivity contribution is 0.0986. The zero-order valence-corrected chi connectivity index (χ0v) is 17.6. The Balaban J connectivity index is 2.07. The van der Waals surface area contributed by atoms with Gasteiger partial charge in [0.1, 0.15) is 12.1 Å². The summed E-state index contributed by atoms with van der Waals surface area (Å²) in [6, 6.07) is 6.75. The molecule has 0 bridgehead atoms. The number of unbranched alkanes of at least 4 members (excludes halogenated alkanes) is 2. The van der Waals surface area contributed by atoms with Gasteiger partial charge in [-0.1, -0.05) is 32.8 Å². The molecule has 0 aliphatic carbocycles. The third-order valence-corrected chi connectivity index (χ3v) is 4.91. The van der Waals surface area contributed by atoms with Crippen LogP contribution in [0.15, 0.2) is 40.2 Å². The number of nitrogens with zero attached hydrogens (tertiary/aromatic N) is 6. The van der Waals surface area contributed by atoms with E-state index in [-0.39, 0.29) is 18.1 Å². The Morgan fingerprint density at radius 1 is 1.19 bits per heavy atom. The average Bonchev–Trinajstić information content (AvgIpc) is 3.30. The van der Waals surface area contributed by atoms with Crippen molar-refractivity contribution in [1.29, 1.82) is 0 Å². The fourth-order valence-corrected chi connectivity index (χ4v) is 3.22. The highest BCUT2D eigenvalue weighted by molar-refractivity contribution is 6.07. The smallest absolute Gasteiger partial charge is 0.330 e. The Morgan fingerprint density at radius 3 is 2.65 bits per heavy atom. The number of tetrazole rings is 1. The number of rotatable bonds is 9. The summed E-state index contributed by atoms with van der Waals surface area (Å²) in [5.41, 5.74) is 5.90. The molecule has 0 radical (unpaired) electrons. The summed E-state index contributed by atoms with van der Waals surface area (Å²) in [6.45, 7) is 4.61. The maximum absolute atomic E-state index is 13.5. The standard InChI is InChI=1S/C20H26N8O3/c1-3-5-10-26(16-17(21)27(11-6-4-2)20(31)23-18(16)29)19(30)14-8-7-9-15(12-14)28-13-22-24-25-28/h7-9,12-13H,3-6,10-11,21H2,1-2H3,(H,23,29,31). The molecular formula is C20H26N8O3. The molecule has 0 aliphatic heterocycles. The number of carbonyl (C=O) groups excluding carboxylic acids is 1. The molecule has 3 rings (SSSR count). The molecule has 0 atom stereocenters. The maximum atomic E-state index is 13.5. The van der Waals surface area contributed by atoms with E-state index in [1.165, 1.54) is 20.5 Å². The molecule has 0 fully saturated rings. The first kappa shape index (κ1) is 21.9. The van der Waals surface area contributed by atoms with Gasteiger partial charge in [0, 0.05) is 18.7 Å². The van der Waals surface area contributed by atoms with Gasteiger partial charge >= 0.3 is 5.69 Å². The number of hydrogen-bond donors (Lipinski definition) is 2. The van der Waals surface area contributed by atoms with E-state index in [0.29, 0.717) is 30.6 Å². The SMILES string of the molecule is CCCCN(C(=O)c1cccc(-n2cnnn2)c1)c1c(N)n(CCCC)c(=O)[nH]c1=O. The number of carbonyl (C=O) groups is 1. The van der Waals surface area contributed by atoms with Gasteiger partial charge in [-0.05, 0) is 41.5 Å². The van der Waals surface area contributed by atoms with Gasteiger partial charge in [0.05, 0.1) is 5.69 Å². The molecule has 31 heavy (non-hydrogen) atoms. The molecule has 11 nitrogen and oxygen atoms in total. The van der Waals surface area contributed by atoms with Gasteiger partial charge in [-0.2, -0.15) is 0 Å². The highest BCUT2D eigenvalue weighted by Crippen LogP contribution is 2.21. The Morgan fingerprint density at radius 2 is 1.97 bits per heavy atom. The van der Waals surface area contributed by atoms with E-state index >= 15 is 0 Å². The number of nitrogens with one attached hydrogen (secondary N) is 1. The Kier molecular flexibility index (Phi) is 6.96. The van der Waals surface area contributed by atoms with Crippen molar-refractivity contribution in [3.63, 3.8) is 0 Å². The van der Waals surface area contributed by atoms with Crippen molar-refractivity contribution >= 4 is 17.4 Å². The van der Waals surface area contributed by atoms with Crippen molar-refractivity contribution in [1.82, 2.24) is 29.8 Å². The van der Waals surface area contributed by atoms with Crippen LogP contribution in [-0.2, 0) is 6.54 Å². The number of hydrogen-bond acceptors (Lipinski definition) is 7. The van der Waals surface area contributed by atoms with Gasteiger partial charge in [0.25, 0.3) is 11.5 Å². The summed E-state index contributed by atoms with van der Waals surface area (Å²) in [6.07, 6.45) is 4.45. The topological polar surface area (TPSA) is 145 Å². The van der Waals surface area contributed by atoms with Crippen LogP contribution in [0.2, 0.25) is 0 Å². The monoisotopic (exact) mass is 426 g/mol. The molecule has 1 amide bonds. The van der Waals surface area contributed by atoms with Crippen LogP contribution >= 0.6 is 0 Å². The number of benzene rings is 1. The molecule has 3 aromatic rings. The number of nitrogen functional groups attached to an aromatic ring is 1. The zero-order valence-electron chi connectivity index (χ0n) is 17.6. The normalized spacial score (nSPS) is 10.9. The highest BCUT2D eigenvalue weighted by Gasteiger charge is 2.25. The number of H-pyrrole nitrogens is 1. The van der Waals surface area contributed by atoms with Gasteiger partial charge in [0.2, 0.25) is 0 Å². The highest BCUT2D eigenvalue weighted by atomic mass is 16.2. The van der Waals surface area contributed by atoms with Crippen LogP contribution in [0.1, 0.15) is 49.9 Å². The average molecular weight is 426 g/mol. The van der Waals surface area contributed by atoms with Gasteiger partial charge in [0.15, 0.2) is 5.69 Å². The first-order chi connectivity index (χ1) is 15.0. The minimum Gasteiger partial charge on any atom is -0.383 e. The van der Waals surface area contributed by atoms with Crippen LogP contribution in [0.25, 0.3) is 5.69 Å². The number of nitrogens with two attached hydrogens (primary N) is 1. The summed E-state index contributed by atoms with van der Waals surface area (Å²) < 4.78 is 2.74. The maximum Gasteiger partial charge on any atom is 0.330 e. The van der Waals surface area contributed by atoms with Gasteiger partial charge in [-0.3, -0.25) is 19.1 Å². The van der Waals surface area contributed by atoms with Crippen LogP contribution in [-0.4, -0.2) is 42.2 Å². The van der Waals surface area contributed by atoms with Crippen LogP contribution < -0.4 is 21.9 Å². The second-order valence-electron chi connectivity index (χ2n) is 7.11. The van der Waals surface area contributed by atoms with E-state index in [4.69, 9.17) is 5.73 Å². The fourth-order valence-electron chi connectivity index (χ4n) is 3.22. The molecule has 2 aromatic heterocycles. The number of amides is 1. The molecule has 11 heteroatoms. The molecule has 0 unspecified atom stereocenters. The summed E-state index contributed by atoms with van der Waals surface area (Å²) >= 11 is 0. The molecular weight excluding hydrogens is 400 g/mol. The van der Waals surface area contributed by atoms with Crippen molar-refractivity contribution < 1.29 is 4.79 Å². The van der Waals surface area contributed by atoms with Crippen molar-refractivity contribution in [2.75, 3.05) is 17.2 Å². The van der Waals surface area contributed by atoms with Crippen LogP contribution in [0, 0.1) is 0 Å². The molecule has 164 valence electrons. The minimum atomic E-state index is -0.684. The second-order valence-corrected chi connectivity index (χ2v) is 7.11. The van der Waals surface area contributed by atoms with E-state index in [2.05, 4.69) is 20.5 Å². The van der Waals surface area contributed by atoms with E-state index in [9.17, 15) is 14.4 Å². The molecule has 0 saturated carbocycles. The second kappa shape index (κ2) is 9.83. The molecule has 0 aliphatic rings. The van der Waals surface area contributed by atoms with Crippen LogP contribution in [0.3, 0.4) is 0 Å². The Bertz CT molecular complexity index is 1150. The summed E-state index contributed by atoms with van der Waals surface area (Å²) in [5.74, 6) is -0.412. The first-order valence-corrected chi connectivity index (χ1v) is 10.3. The Labute approximate surface area is 178 Å². The number of aromatic nitrogens is 6. The third kappa shape index (κ3) is 4.71. The predicted octanol–water partition coefficient (Wildman–Crippen LogP) is 1.34. The minimum absolute atomic E-state index is 0.0108. The number of aromatic amines is 1. The van der Waals surface area contributed by atoms with Crippen molar-refractivity contribution in [2.45, 2.75) is 46.1 Å². The van der Waals surface area contributed by atoms with Gasteiger partial charge < -0.3 is 10.6 Å². The lowest BCUT2D eigenvalue weighted by Gasteiger charge is -2.24. The lowest BCUT2D eigenvalue weighted by Crippen LogP contribution is -2.41. The molecule has 2 heterocycles. The first-order valence-electron chi connectivity index (χ1n) is 10.3. The van der Waals surface area contributed by atoms with Gasteiger partial charge in [-0.15, -0.1) is 5.10 Å². The van der Waals surface area contributed by atoms with Crippen molar-refractivity contribution in [3.8, 4) is 5.69 Å². The molecule has 0 saturated heterocycles. The lowest BCUT2D eigenvalue weighted by atomic mass is 10.1. The summed E-state index contributed by atoms with van der Waals surface area (Å²) in [7, 11) is 0. The third-order valence-electron chi connectivity index (χ3n) is 4.91. The number of anilines is 2. The van der Waals surface area contributed by atoms with Gasteiger partial charge in [-0.25, -0.2) is 9.48 Å². The summed E-state index contributed by atoms with van der Waals surface area (Å²) in [5, 5.41) is 11.0. The predicted molar refractivity (Wildman–Crippen MR) is 116 cm³/mol. The fraction of sp³-hybridized carbons (Fsp3) is 0.400. The van der Waals surface area contributed by atoms with E-state index in [0.717, 1.165) is 12.8 Å². The summed E-state index contributed by atoms with van der Waals surface area (Å²) in [4.78, 5) is 42.1.